The topological polar surface area (TPSA) is 148 Å². The highest BCUT2D eigenvalue weighted by Gasteiger charge is 2.25. The third kappa shape index (κ3) is 4.95. The predicted molar refractivity (Wildman–Crippen MR) is 120 cm³/mol. The molecule has 0 saturated heterocycles. The van der Waals surface area contributed by atoms with Gasteiger partial charge in [-0.15, -0.1) is 0 Å². The molecule has 178 valence electrons. The zero-order valence-electron chi connectivity index (χ0n) is 17.8. The number of ether oxygens (including phenoxy) is 3. The van der Waals surface area contributed by atoms with Crippen molar-refractivity contribution in [1.29, 1.82) is 0 Å². The van der Waals surface area contributed by atoms with Gasteiger partial charge in [0.25, 0.3) is 11.4 Å². The van der Waals surface area contributed by atoms with Crippen molar-refractivity contribution in [2.24, 2.45) is 0 Å². The van der Waals surface area contributed by atoms with Crippen LogP contribution in [0.4, 0.5) is 11.4 Å². The summed E-state index contributed by atoms with van der Waals surface area (Å²) in [5.41, 5.74) is -0.124. The van der Waals surface area contributed by atoms with E-state index in [1.54, 1.807) is 0 Å². The fraction of sp³-hybridized carbons (Fsp3) is 0.130. The molecule has 0 amide bonds. The lowest BCUT2D eigenvalue weighted by atomic mass is 9.98. The minimum Gasteiger partial charge on any atom is -0.467 e. The van der Waals surface area contributed by atoms with E-state index in [9.17, 15) is 29.8 Å². The molecule has 11 nitrogen and oxygen atoms in total. The molecule has 0 radical (unpaired) electrons. The van der Waals surface area contributed by atoms with E-state index < -0.39 is 27.3 Å². The van der Waals surface area contributed by atoms with Crippen LogP contribution in [0.1, 0.15) is 37.4 Å². The first-order chi connectivity index (χ1) is 16.8. The summed E-state index contributed by atoms with van der Waals surface area (Å²) in [6.07, 6.45) is 0. The summed E-state index contributed by atoms with van der Waals surface area (Å²) in [5, 5.41) is 22.3. The molecule has 4 rings (SSSR count). The van der Waals surface area contributed by atoms with Crippen molar-refractivity contribution in [2.75, 3.05) is 6.79 Å². The Kier molecular flexibility index (Phi) is 6.71. The van der Waals surface area contributed by atoms with Crippen molar-refractivity contribution in [1.82, 2.24) is 0 Å². The number of rotatable bonds is 7. The van der Waals surface area contributed by atoms with Crippen molar-refractivity contribution >= 4 is 34.7 Å². The van der Waals surface area contributed by atoms with Crippen LogP contribution < -0.4 is 4.74 Å². The van der Waals surface area contributed by atoms with Gasteiger partial charge >= 0.3 is 5.97 Å². The van der Waals surface area contributed by atoms with Crippen LogP contribution in [0.3, 0.4) is 0 Å². The van der Waals surface area contributed by atoms with Crippen LogP contribution in [0.25, 0.3) is 0 Å². The lowest BCUT2D eigenvalue weighted by Crippen LogP contribution is -2.16. The van der Waals surface area contributed by atoms with Gasteiger partial charge < -0.3 is 14.2 Å². The molecule has 0 unspecified atom stereocenters. The van der Waals surface area contributed by atoms with Gasteiger partial charge in [-0.3, -0.25) is 25.0 Å². The van der Waals surface area contributed by atoms with Crippen molar-refractivity contribution < 1.29 is 33.6 Å². The number of nitro benzene ring substituents is 2. The molecule has 0 aromatic heterocycles. The van der Waals surface area contributed by atoms with Crippen molar-refractivity contribution in [3.63, 3.8) is 0 Å². The SMILES string of the molecule is O=C(OCc1cc([N+](=O)[O-])cc2c1OCOC2)c1ccccc1C(=O)c1ccc(Cl)c([N+](=O)[O-])c1. The van der Waals surface area contributed by atoms with E-state index in [1.807, 2.05) is 0 Å². The number of halogens is 1. The number of carbonyl (C=O) groups is 2. The number of benzene rings is 3. The maximum Gasteiger partial charge on any atom is 0.339 e. The lowest BCUT2D eigenvalue weighted by molar-refractivity contribution is -0.385. The van der Waals surface area contributed by atoms with E-state index in [4.69, 9.17) is 25.8 Å². The molecular formula is C23H15ClN2O9. The molecule has 0 N–H and O–H groups in total. The van der Waals surface area contributed by atoms with E-state index in [2.05, 4.69) is 0 Å². The average molecular weight is 499 g/mol. The molecule has 1 aliphatic heterocycles. The van der Waals surface area contributed by atoms with E-state index in [0.29, 0.717) is 11.3 Å². The smallest absolute Gasteiger partial charge is 0.339 e. The van der Waals surface area contributed by atoms with Crippen LogP contribution >= 0.6 is 11.6 Å². The van der Waals surface area contributed by atoms with E-state index in [-0.39, 0.29) is 53.0 Å². The second-order valence-corrected chi connectivity index (χ2v) is 7.74. The maximum absolute atomic E-state index is 13.1. The van der Waals surface area contributed by atoms with Crippen molar-refractivity contribution in [3.8, 4) is 5.75 Å². The van der Waals surface area contributed by atoms with Gasteiger partial charge in [-0.25, -0.2) is 4.79 Å². The fourth-order valence-electron chi connectivity index (χ4n) is 3.52. The summed E-state index contributed by atoms with van der Waals surface area (Å²) in [6.45, 7) is -0.323. The average Bonchev–Trinajstić information content (AvgIpc) is 2.86. The molecule has 1 heterocycles. The Balaban J connectivity index is 1.61. The largest absolute Gasteiger partial charge is 0.467 e. The molecule has 0 aliphatic carbocycles. The monoisotopic (exact) mass is 498 g/mol. The van der Waals surface area contributed by atoms with Gasteiger partial charge in [0.1, 0.15) is 17.4 Å². The van der Waals surface area contributed by atoms with Crippen LogP contribution in [-0.2, 0) is 22.7 Å². The van der Waals surface area contributed by atoms with Gasteiger partial charge in [0.2, 0.25) is 0 Å². The third-order valence-electron chi connectivity index (χ3n) is 5.14. The molecule has 12 heteroatoms. The number of fused-ring (bicyclic) bond motifs is 1. The van der Waals surface area contributed by atoms with Crippen molar-refractivity contribution in [2.45, 2.75) is 13.2 Å². The van der Waals surface area contributed by atoms with E-state index in [1.165, 1.54) is 48.5 Å². The molecule has 0 atom stereocenters. The summed E-state index contributed by atoms with van der Waals surface area (Å²) in [7, 11) is 0. The Morgan fingerprint density at radius 3 is 2.46 bits per heavy atom. The third-order valence-corrected chi connectivity index (χ3v) is 5.46. The number of nitro groups is 2. The molecule has 0 spiro atoms. The first-order valence-corrected chi connectivity index (χ1v) is 10.4. The van der Waals surface area contributed by atoms with Crippen LogP contribution in [-0.4, -0.2) is 28.4 Å². The highest BCUT2D eigenvalue weighted by Crippen LogP contribution is 2.33. The van der Waals surface area contributed by atoms with E-state index >= 15 is 0 Å². The molecule has 0 saturated carbocycles. The fourth-order valence-corrected chi connectivity index (χ4v) is 3.71. The number of esters is 1. The Morgan fingerprint density at radius 1 is 1.00 bits per heavy atom. The van der Waals surface area contributed by atoms with Crippen LogP contribution in [0.5, 0.6) is 5.75 Å². The van der Waals surface area contributed by atoms with Gasteiger partial charge in [-0.2, -0.15) is 0 Å². The Labute approximate surface area is 202 Å². The Bertz CT molecular complexity index is 1370. The summed E-state index contributed by atoms with van der Waals surface area (Å²) < 4.78 is 15.9. The number of ketones is 1. The van der Waals surface area contributed by atoms with Gasteiger partial charge in [-0.05, 0) is 18.2 Å². The molecular weight excluding hydrogens is 484 g/mol. The normalized spacial score (nSPS) is 12.3. The van der Waals surface area contributed by atoms with Crippen LogP contribution in [0.2, 0.25) is 5.02 Å². The first kappa shape index (κ1) is 23.8. The minimum atomic E-state index is -0.871. The molecule has 1 aliphatic rings. The number of nitrogens with zero attached hydrogens (tertiary/aromatic N) is 2. The standard InChI is InChI=1S/C23H15ClN2O9/c24-19-6-5-13(9-20(19)26(31)32)21(27)17-3-1-2-4-18(17)23(28)34-11-15-8-16(25(29)30)7-14-10-33-12-35-22(14)15/h1-9H,10-12H2. The highest BCUT2D eigenvalue weighted by atomic mass is 35.5. The van der Waals surface area contributed by atoms with Gasteiger partial charge in [0.05, 0.1) is 22.0 Å². The second-order valence-electron chi connectivity index (χ2n) is 7.34. The number of hydrogen-bond acceptors (Lipinski definition) is 9. The van der Waals surface area contributed by atoms with Crippen LogP contribution in [0.15, 0.2) is 54.6 Å². The lowest BCUT2D eigenvalue weighted by Gasteiger charge is -2.20. The first-order valence-electron chi connectivity index (χ1n) is 10.0. The molecule has 0 fully saturated rings. The highest BCUT2D eigenvalue weighted by molar-refractivity contribution is 6.33. The zero-order chi connectivity index (χ0) is 25.1. The zero-order valence-corrected chi connectivity index (χ0v) is 18.5. The van der Waals surface area contributed by atoms with Gasteiger partial charge in [0, 0.05) is 40.5 Å². The molecule has 0 bridgehead atoms. The van der Waals surface area contributed by atoms with Gasteiger partial charge in [0.15, 0.2) is 12.6 Å². The van der Waals surface area contributed by atoms with Crippen molar-refractivity contribution in [3.05, 3.63) is 108 Å². The summed E-state index contributed by atoms with van der Waals surface area (Å²) in [6, 6.07) is 11.9. The second kappa shape index (κ2) is 9.87. The number of carbonyl (C=O) groups excluding carboxylic acids is 2. The Morgan fingerprint density at radius 2 is 1.74 bits per heavy atom. The predicted octanol–water partition coefficient (Wildman–Crippen LogP) is 4.61. The number of hydrogen-bond donors (Lipinski definition) is 0. The maximum atomic E-state index is 13.1. The summed E-state index contributed by atoms with van der Waals surface area (Å²) in [4.78, 5) is 47.1. The van der Waals surface area contributed by atoms with E-state index in [0.717, 1.165) is 6.07 Å². The molecule has 35 heavy (non-hydrogen) atoms. The molecule has 3 aromatic rings. The summed E-state index contributed by atoms with van der Waals surface area (Å²) >= 11 is 5.82. The Hall–Kier alpha value is -4.35. The van der Waals surface area contributed by atoms with Crippen LogP contribution in [0, 0.1) is 20.2 Å². The van der Waals surface area contributed by atoms with Gasteiger partial charge in [-0.1, -0.05) is 29.8 Å². The molecule has 3 aromatic carbocycles. The summed E-state index contributed by atoms with van der Waals surface area (Å²) in [5.74, 6) is -1.19. The minimum absolute atomic E-state index is 0.0393. The quantitative estimate of drug-likeness (QED) is 0.197. The number of non-ortho nitro benzene ring substituents is 1.